The van der Waals surface area contributed by atoms with Crippen LogP contribution in [0.2, 0.25) is 0 Å². The minimum Gasteiger partial charge on any atom is -0.478 e. The molecule has 0 fully saturated rings. The largest absolute Gasteiger partial charge is 0.478 e. The summed E-state index contributed by atoms with van der Waals surface area (Å²) >= 11 is 0. The predicted molar refractivity (Wildman–Crippen MR) is 58.0 cm³/mol. The fourth-order valence-corrected chi connectivity index (χ4v) is 0.321. The van der Waals surface area contributed by atoms with Crippen LogP contribution in [0.4, 0.5) is 4.79 Å². The van der Waals surface area contributed by atoms with E-state index in [-0.39, 0.29) is 5.57 Å². The van der Waals surface area contributed by atoms with Crippen LogP contribution in [0, 0.1) is 0 Å². The average Bonchev–Trinajstić information content (AvgIpc) is 2.13. The lowest BCUT2D eigenvalue weighted by molar-refractivity contribution is -0.132. The van der Waals surface area contributed by atoms with E-state index in [0.29, 0.717) is 6.54 Å². The Balaban J connectivity index is 0. The number of urea groups is 1. The number of hydrogen-bond acceptors (Lipinski definition) is 3. The third kappa shape index (κ3) is 18.9. The number of primary amides is 1. The summed E-state index contributed by atoms with van der Waals surface area (Å²) in [5.74, 6) is -0.935. The lowest BCUT2D eigenvalue weighted by Crippen LogP contribution is -2.23. The van der Waals surface area contributed by atoms with E-state index < -0.39 is 12.0 Å². The van der Waals surface area contributed by atoms with E-state index in [1.165, 1.54) is 13.1 Å². The third-order valence-electron chi connectivity index (χ3n) is 1.04. The van der Waals surface area contributed by atoms with Gasteiger partial charge >= 0.3 is 12.0 Å². The molecule has 2 amide bonds. The molecule has 0 heterocycles. The van der Waals surface area contributed by atoms with Gasteiger partial charge in [0.1, 0.15) is 0 Å². The van der Waals surface area contributed by atoms with E-state index in [1.54, 1.807) is 6.08 Å². The Bertz CT molecular complexity index is 237. The molecule has 0 radical (unpaired) electrons. The van der Waals surface area contributed by atoms with Gasteiger partial charge < -0.3 is 21.9 Å². The highest BCUT2D eigenvalue weighted by molar-refractivity contribution is 5.84. The van der Waals surface area contributed by atoms with Crippen LogP contribution in [0.5, 0.6) is 0 Å². The number of nitrogens with one attached hydrogen (secondary N) is 1. The monoisotopic (exact) mass is 215 g/mol. The summed E-state index contributed by atoms with van der Waals surface area (Å²) in [4.78, 5) is 19.6. The highest BCUT2D eigenvalue weighted by atomic mass is 16.4. The molecule has 0 atom stereocenters. The van der Waals surface area contributed by atoms with Gasteiger partial charge in [-0.2, -0.15) is 0 Å². The van der Waals surface area contributed by atoms with Crippen molar-refractivity contribution in [2.24, 2.45) is 11.5 Å². The van der Waals surface area contributed by atoms with Gasteiger partial charge in [-0.25, -0.2) is 9.59 Å². The zero-order chi connectivity index (χ0) is 12.3. The first-order chi connectivity index (χ1) is 6.91. The number of amides is 2. The van der Waals surface area contributed by atoms with Crippen LogP contribution >= 0.6 is 0 Å². The molecule has 0 spiro atoms. The summed E-state index contributed by atoms with van der Waals surface area (Å²) in [6.07, 6.45) is 3.97. The van der Waals surface area contributed by atoms with Crippen LogP contribution < -0.4 is 16.8 Å². The fourth-order valence-electron chi connectivity index (χ4n) is 0.321. The second kappa shape index (κ2) is 10.3. The Morgan fingerprint density at radius 1 is 1.53 bits per heavy atom. The Hall–Kier alpha value is -1.82. The molecule has 0 saturated heterocycles. The number of hydrogen-bond donors (Lipinski definition) is 4. The van der Waals surface area contributed by atoms with Crippen molar-refractivity contribution in [2.75, 3.05) is 6.54 Å². The van der Waals surface area contributed by atoms with E-state index in [2.05, 4.69) is 11.9 Å². The Kier molecular flexibility index (Phi) is 10.7. The van der Waals surface area contributed by atoms with Gasteiger partial charge in [0.2, 0.25) is 0 Å². The predicted octanol–water partition coefficient (Wildman–Crippen LogP) is 0.164. The zero-order valence-corrected chi connectivity index (χ0v) is 8.69. The van der Waals surface area contributed by atoms with Crippen molar-refractivity contribution in [1.82, 2.24) is 5.32 Å². The van der Waals surface area contributed by atoms with Gasteiger partial charge in [-0.3, -0.25) is 0 Å². The van der Waals surface area contributed by atoms with Gasteiger partial charge in [0.15, 0.2) is 0 Å². The minimum absolute atomic E-state index is 0.176. The van der Waals surface area contributed by atoms with Crippen molar-refractivity contribution >= 4 is 12.0 Å². The number of nitrogens with two attached hydrogens (primary N) is 2. The molecule has 0 aliphatic carbocycles. The maximum atomic E-state index is 9.99. The average molecular weight is 215 g/mol. The van der Waals surface area contributed by atoms with E-state index in [4.69, 9.17) is 16.6 Å². The normalized spacial score (nSPS) is 8.93. The molecule has 6 heteroatoms. The van der Waals surface area contributed by atoms with Gasteiger partial charge in [-0.05, 0) is 19.9 Å². The van der Waals surface area contributed by atoms with Gasteiger partial charge in [0.05, 0.1) is 0 Å². The van der Waals surface area contributed by atoms with E-state index in [9.17, 15) is 9.59 Å². The molecule has 0 aromatic carbocycles. The van der Waals surface area contributed by atoms with Crippen molar-refractivity contribution < 1.29 is 14.7 Å². The number of aliphatic carboxylic acids is 1. The second-order valence-corrected chi connectivity index (χ2v) is 2.57. The fraction of sp³-hybridized carbons (Fsp3) is 0.333. The summed E-state index contributed by atoms with van der Waals surface area (Å²) in [5, 5.41) is 10.2. The second-order valence-electron chi connectivity index (χ2n) is 2.57. The van der Waals surface area contributed by atoms with Gasteiger partial charge in [0, 0.05) is 11.8 Å². The van der Waals surface area contributed by atoms with Crippen molar-refractivity contribution in [3.8, 4) is 0 Å². The van der Waals surface area contributed by atoms with Crippen LogP contribution in [0.3, 0.4) is 0 Å². The zero-order valence-electron chi connectivity index (χ0n) is 8.69. The van der Waals surface area contributed by atoms with Crippen LogP contribution in [0.25, 0.3) is 0 Å². The molecule has 0 aromatic heterocycles. The van der Waals surface area contributed by atoms with E-state index >= 15 is 0 Å². The number of carboxylic acid groups (broad SMARTS) is 1. The summed E-state index contributed by atoms with van der Waals surface area (Å²) < 4.78 is 0. The minimum atomic E-state index is -0.935. The molecule has 0 rings (SSSR count). The van der Waals surface area contributed by atoms with Crippen LogP contribution in [-0.4, -0.2) is 23.7 Å². The summed E-state index contributed by atoms with van der Waals surface area (Å²) in [6.45, 7) is 5.18. The molecule has 0 aromatic rings. The Labute approximate surface area is 88.6 Å². The maximum Gasteiger partial charge on any atom is 0.330 e. The van der Waals surface area contributed by atoms with Crippen molar-refractivity contribution in [3.05, 3.63) is 24.4 Å². The van der Waals surface area contributed by atoms with Gasteiger partial charge in [-0.1, -0.05) is 12.7 Å². The van der Waals surface area contributed by atoms with Crippen molar-refractivity contribution in [2.45, 2.75) is 13.3 Å². The number of carbonyl (C=O) groups excluding carboxylic acids is 1. The third-order valence-corrected chi connectivity index (χ3v) is 1.04. The molecule has 86 valence electrons. The standard InChI is InChI=1S/C5H11N3O.C4H6O2/c6-3-1-2-4-8-5(7)9;1-3(2)4(5)6/h2,4H,1,3,6H2,(H3,7,8,9);1H2,2H3,(H,5,6). The summed E-state index contributed by atoms with van der Waals surface area (Å²) in [5.41, 5.74) is 10.1. The highest BCUT2D eigenvalue weighted by Crippen LogP contribution is 1.81. The van der Waals surface area contributed by atoms with E-state index in [1.807, 2.05) is 0 Å². The lowest BCUT2D eigenvalue weighted by atomic mass is 10.4. The number of carbonyl (C=O) groups is 2. The Morgan fingerprint density at radius 2 is 2.00 bits per heavy atom. The van der Waals surface area contributed by atoms with Crippen LogP contribution in [0.15, 0.2) is 24.4 Å². The van der Waals surface area contributed by atoms with Crippen LogP contribution in [-0.2, 0) is 4.79 Å². The number of carboxylic acids is 1. The summed E-state index contributed by atoms with van der Waals surface area (Å²) in [6, 6.07) is -0.553. The highest BCUT2D eigenvalue weighted by Gasteiger charge is 1.90. The molecule has 0 aliphatic heterocycles. The lowest BCUT2D eigenvalue weighted by Gasteiger charge is -1.88. The molecular weight excluding hydrogens is 198 g/mol. The first-order valence-electron chi connectivity index (χ1n) is 4.21. The topological polar surface area (TPSA) is 118 Å². The molecule has 0 aliphatic rings. The van der Waals surface area contributed by atoms with Crippen molar-refractivity contribution in [1.29, 1.82) is 0 Å². The molecule has 6 nitrogen and oxygen atoms in total. The first-order valence-corrected chi connectivity index (χ1v) is 4.21. The first kappa shape index (κ1) is 15.6. The maximum absolute atomic E-state index is 9.99. The molecule has 0 saturated carbocycles. The molecule has 0 bridgehead atoms. The smallest absolute Gasteiger partial charge is 0.330 e. The summed E-state index contributed by atoms with van der Waals surface area (Å²) in [7, 11) is 0. The molecular formula is C9H17N3O3. The SMILES string of the molecule is C=C(C)C(=O)O.NCCC=CNC(N)=O. The Morgan fingerprint density at radius 3 is 2.27 bits per heavy atom. The molecule has 6 N–H and O–H groups in total. The molecule has 15 heavy (non-hydrogen) atoms. The quantitative estimate of drug-likeness (QED) is 0.499. The van der Waals surface area contributed by atoms with Crippen LogP contribution in [0.1, 0.15) is 13.3 Å². The molecule has 0 unspecified atom stereocenters. The number of rotatable bonds is 4. The van der Waals surface area contributed by atoms with E-state index in [0.717, 1.165) is 6.42 Å². The van der Waals surface area contributed by atoms with Gasteiger partial charge in [0.25, 0.3) is 0 Å². The van der Waals surface area contributed by atoms with Gasteiger partial charge in [-0.15, -0.1) is 0 Å². The van der Waals surface area contributed by atoms with Crippen molar-refractivity contribution in [3.63, 3.8) is 0 Å².